The molecule has 0 aliphatic rings. The maximum atomic E-state index is 11.8. The lowest BCUT2D eigenvalue weighted by Gasteiger charge is -2.09. The Morgan fingerprint density at radius 1 is 1.23 bits per heavy atom. The van der Waals surface area contributed by atoms with Crippen LogP contribution in [0, 0.1) is 0 Å². The Balaban J connectivity index is 1.82. The highest BCUT2D eigenvalue weighted by Crippen LogP contribution is 2.31. The van der Waals surface area contributed by atoms with Gasteiger partial charge in [-0.1, -0.05) is 29.8 Å². The van der Waals surface area contributed by atoms with E-state index in [9.17, 15) is 14.7 Å². The average molecular weight is 432 g/mol. The number of phenols is 1. The average Bonchev–Trinajstić information content (AvgIpc) is 2.74. The molecule has 0 saturated heterocycles. The van der Waals surface area contributed by atoms with Gasteiger partial charge in [-0.2, -0.15) is 5.10 Å². The van der Waals surface area contributed by atoms with Gasteiger partial charge in [0.05, 0.1) is 24.9 Å². The molecule has 2 rings (SSSR count). The van der Waals surface area contributed by atoms with Crippen LogP contribution in [0.4, 0.5) is 0 Å². The summed E-state index contributed by atoms with van der Waals surface area (Å²) >= 11 is 5.93. The molecular weight excluding hydrogens is 410 g/mol. The molecule has 0 atom stereocenters. The zero-order valence-electron chi connectivity index (χ0n) is 16.4. The van der Waals surface area contributed by atoms with E-state index in [2.05, 4.69) is 22.4 Å². The Labute approximate surface area is 179 Å². The number of hydrogen-bond acceptors (Lipinski definition) is 6. The number of amides is 2. The topological polar surface area (TPSA) is 109 Å². The maximum Gasteiger partial charge on any atom is 0.259 e. The van der Waals surface area contributed by atoms with Crippen LogP contribution in [0.25, 0.3) is 0 Å². The number of halogens is 1. The van der Waals surface area contributed by atoms with Gasteiger partial charge in [0.25, 0.3) is 11.8 Å². The second-order valence-corrected chi connectivity index (χ2v) is 6.42. The summed E-state index contributed by atoms with van der Waals surface area (Å²) in [6.07, 6.45) is 3.49. The highest BCUT2D eigenvalue weighted by Gasteiger charge is 2.10. The predicted octanol–water partition coefficient (Wildman–Crippen LogP) is 2.43. The molecular formula is C21H22ClN3O5. The van der Waals surface area contributed by atoms with E-state index in [1.807, 2.05) is 0 Å². The number of aromatic hydroxyl groups is 1. The number of phenolic OH excluding ortho intramolecular Hbond substituents is 1. The first kappa shape index (κ1) is 22.8. The van der Waals surface area contributed by atoms with Gasteiger partial charge in [0.15, 0.2) is 18.1 Å². The van der Waals surface area contributed by atoms with Crippen molar-refractivity contribution < 1.29 is 24.2 Å². The van der Waals surface area contributed by atoms with Crippen LogP contribution in [0.1, 0.15) is 11.1 Å². The Bertz CT molecular complexity index is 946. The molecule has 2 amide bonds. The highest BCUT2D eigenvalue weighted by atomic mass is 35.5. The fraction of sp³-hybridized carbons (Fsp3) is 0.190. The summed E-state index contributed by atoms with van der Waals surface area (Å²) in [5.74, 6) is -0.308. The number of rotatable bonds is 10. The fourth-order valence-corrected chi connectivity index (χ4v) is 2.57. The van der Waals surface area contributed by atoms with Crippen LogP contribution in [0.2, 0.25) is 5.02 Å². The molecule has 0 spiro atoms. The summed E-state index contributed by atoms with van der Waals surface area (Å²) in [5, 5.41) is 16.7. The van der Waals surface area contributed by atoms with E-state index in [4.69, 9.17) is 21.1 Å². The van der Waals surface area contributed by atoms with E-state index >= 15 is 0 Å². The third-order valence-electron chi connectivity index (χ3n) is 3.80. The number of nitrogens with zero attached hydrogens (tertiary/aromatic N) is 1. The number of carbonyl (C=O) groups is 2. The lowest BCUT2D eigenvalue weighted by Crippen LogP contribution is -2.37. The first-order valence-electron chi connectivity index (χ1n) is 8.91. The van der Waals surface area contributed by atoms with Gasteiger partial charge in [0, 0.05) is 5.56 Å². The molecule has 0 bridgehead atoms. The van der Waals surface area contributed by atoms with Crippen molar-refractivity contribution in [1.29, 1.82) is 0 Å². The number of methoxy groups -OCH3 is 1. The minimum atomic E-state index is -0.519. The molecule has 9 heteroatoms. The van der Waals surface area contributed by atoms with Crippen molar-refractivity contribution in [2.45, 2.75) is 6.42 Å². The SMILES string of the molecule is C=CCc1cc(/C=N/NC(=O)CNC(=O)COc2ccccc2Cl)cc(OC)c1O. The molecule has 30 heavy (non-hydrogen) atoms. The van der Waals surface area contributed by atoms with Gasteiger partial charge >= 0.3 is 0 Å². The zero-order valence-corrected chi connectivity index (χ0v) is 17.1. The van der Waals surface area contributed by atoms with Crippen LogP contribution in [-0.2, 0) is 16.0 Å². The maximum absolute atomic E-state index is 11.8. The summed E-state index contributed by atoms with van der Waals surface area (Å²) in [5.41, 5.74) is 3.53. The fourth-order valence-electron chi connectivity index (χ4n) is 2.38. The first-order chi connectivity index (χ1) is 14.4. The molecule has 3 N–H and O–H groups in total. The van der Waals surface area contributed by atoms with Gasteiger partial charge in [-0.05, 0) is 36.2 Å². The van der Waals surface area contributed by atoms with Crippen LogP contribution < -0.4 is 20.2 Å². The molecule has 0 unspecified atom stereocenters. The van der Waals surface area contributed by atoms with Crippen molar-refractivity contribution >= 4 is 29.6 Å². The normalized spacial score (nSPS) is 10.5. The van der Waals surface area contributed by atoms with Crippen LogP contribution in [0.15, 0.2) is 54.2 Å². The number of hydrazone groups is 1. The Kier molecular flexibility index (Phi) is 8.71. The number of allylic oxidation sites excluding steroid dienone is 1. The Morgan fingerprint density at radius 2 is 2.00 bits per heavy atom. The summed E-state index contributed by atoms with van der Waals surface area (Å²) < 4.78 is 10.4. The van der Waals surface area contributed by atoms with E-state index < -0.39 is 11.8 Å². The number of benzene rings is 2. The lowest BCUT2D eigenvalue weighted by atomic mass is 10.1. The minimum Gasteiger partial charge on any atom is -0.504 e. The third kappa shape index (κ3) is 6.82. The highest BCUT2D eigenvalue weighted by molar-refractivity contribution is 6.32. The molecule has 0 heterocycles. The molecule has 2 aromatic rings. The number of ether oxygens (including phenoxy) is 2. The predicted molar refractivity (Wildman–Crippen MR) is 114 cm³/mol. The van der Waals surface area contributed by atoms with Crippen molar-refractivity contribution in [3.8, 4) is 17.2 Å². The molecule has 0 radical (unpaired) electrons. The van der Waals surface area contributed by atoms with Gasteiger partial charge in [0.2, 0.25) is 0 Å². The Hall–Kier alpha value is -3.52. The van der Waals surface area contributed by atoms with E-state index in [1.165, 1.54) is 13.3 Å². The van der Waals surface area contributed by atoms with Crippen LogP contribution >= 0.6 is 11.6 Å². The van der Waals surface area contributed by atoms with Gasteiger partial charge < -0.3 is 19.9 Å². The van der Waals surface area contributed by atoms with Crippen LogP contribution in [-0.4, -0.2) is 43.4 Å². The first-order valence-corrected chi connectivity index (χ1v) is 9.29. The largest absolute Gasteiger partial charge is 0.504 e. The molecule has 8 nitrogen and oxygen atoms in total. The summed E-state index contributed by atoms with van der Waals surface area (Å²) in [6.45, 7) is 3.09. The van der Waals surface area contributed by atoms with E-state index in [0.29, 0.717) is 28.3 Å². The molecule has 0 saturated carbocycles. The van der Waals surface area contributed by atoms with Gasteiger partial charge in [-0.25, -0.2) is 5.43 Å². The van der Waals surface area contributed by atoms with Gasteiger partial charge in [0.1, 0.15) is 5.75 Å². The lowest BCUT2D eigenvalue weighted by molar-refractivity contribution is -0.127. The van der Waals surface area contributed by atoms with E-state index in [0.717, 1.165) is 0 Å². The van der Waals surface area contributed by atoms with Crippen molar-refractivity contribution in [3.05, 3.63) is 65.2 Å². The molecule has 2 aromatic carbocycles. The van der Waals surface area contributed by atoms with Crippen molar-refractivity contribution in [2.75, 3.05) is 20.3 Å². The number of nitrogens with one attached hydrogen (secondary N) is 2. The molecule has 158 valence electrons. The van der Waals surface area contributed by atoms with Crippen molar-refractivity contribution in [3.63, 3.8) is 0 Å². The minimum absolute atomic E-state index is 0.0281. The van der Waals surface area contributed by atoms with Crippen LogP contribution in [0.3, 0.4) is 0 Å². The zero-order chi connectivity index (χ0) is 21.9. The smallest absolute Gasteiger partial charge is 0.259 e. The molecule has 0 aliphatic carbocycles. The Morgan fingerprint density at radius 3 is 2.70 bits per heavy atom. The standard InChI is InChI=1S/C21H22ClN3O5/c1-3-6-15-9-14(10-18(29-2)21(15)28)11-24-25-19(26)12-23-20(27)13-30-17-8-5-4-7-16(17)22/h3-5,7-11,28H,1,6,12-13H2,2H3,(H,23,27)(H,25,26)/b24-11+. The number of hydrogen-bond donors (Lipinski definition) is 3. The molecule has 0 fully saturated rings. The molecule has 0 aliphatic heterocycles. The van der Waals surface area contributed by atoms with Gasteiger partial charge in [-0.15, -0.1) is 6.58 Å². The van der Waals surface area contributed by atoms with E-state index in [1.54, 1.807) is 42.5 Å². The van der Waals surface area contributed by atoms with Crippen LogP contribution in [0.5, 0.6) is 17.2 Å². The van der Waals surface area contributed by atoms with E-state index in [-0.39, 0.29) is 24.7 Å². The second-order valence-electron chi connectivity index (χ2n) is 6.01. The summed E-state index contributed by atoms with van der Waals surface area (Å²) in [6, 6.07) is 10.0. The third-order valence-corrected chi connectivity index (χ3v) is 4.12. The van der Waals surface area contributed by atoms with Crippen molar-refractivity contribution in [2.24, 2.45) is 5.10 Å². The second kappa shape index (κ2) is 11.5. The quantitative estimate of drug-likeness (QED) is 0.304. The summed E-state index contributed by atoms with van der Waals surface area (Å²) in [7, 11) is 1.44. The van der Waals surface area contributed by atoms with Crippen molar-refractivity contribution in [1.82, 2.24) is 10.7 Å². The number of carbonyl (C=O) groups excluding carboxylic acids is 2. The molecule has 0 aromatic heterocycles. The number of para-hydroxylation sites is 1. The monoisotopic (exact) mass is 431 g/mol. The summed E-state index contributed by atoms with van der Waals surface area (Å²) in [4.78, 5) is 23.6. The van der Waals surface area contributed by atoms with Gasteiger partial charge in [-0.3, -0.25) is 9.59 Å².